The first kappa shape index (κ1) is 27.4. The second-order valence-corrected chi connectivity index (χ2v) is 0. The van der Waals surface area contributed by atoms with Crippen molar-refractivity contribution in [3.63, 3.8) is 0 Å². The number of rotatable bonds is 0. The molecule has 0 radical (unpaired) electrons. The van der Waals surface area contributed by atoms with E-state index in [9.17, 15) is 0 Å². The molecule has 0 aromatic rings. The van der Waals surface area contributed by atoms with Crippen LogP contribution in [-0.4, -0.2) is 0 Å². The van der Waals surface area contributed by atoms with Gasteiger partial charge in [-0.05, 0) is 0 Å². The van der Waals surface area contributed by atoms with Gasteiger partial charge < -0.3 is 0 Å². The van der Waals surface area contributed by atoms with Crippen LogP contribution in [0.1, 0.15) is 0 Å². The summed E-state index contributed by atoms with van der Waals surface area (Å²) in [5, 5.41) is 0. The fourth-order valence-electron chi connectivity index (χ4n) is 0. The maximum absolute atomic E-state index is 0. The van der Waals surface area contributed by atoms with Crippen LogP contribution >= 0.6 is 0 Å². The van der Waals surface area contributed by atoms with Crippen molar-refractivity contribution in [3.05, 3.63) is 0 Å². The van der Waals surface area contributed by atoms with Crippen molar-refractivity contribution >= 4 is 0 Å². The summed E-state index contributed by atoms with van der Waals surface area (Å²) in [6, 6.07) is 0. The van der Waals surface area contributed by atoms with Gasteiger partial charge in [-0.2, -0.15) is 0 Å². The van der Waals surface area contributed by atoms with Gasteiger partial charge in [0.15, 0.2) is 0 Å². The Kier molecular flexibility index (Phi) is 113. The van der Waals surface area contributed by atoms with Crippen molar-refractivity contribution in [1.29, 1.82) is 0 Å². The first-order chi connectivity index (χ1) is 0. The smallest absolute Gasteiger partial charge is 0 e. The van der Waals surface area contributed by atoms with Gasteiger partial charge in [0, 0.05) is 95.7 Å². The summed E-state index contributed by atoms with van der Waals surface area (Å²) in [7, 11) is 0. The molecule has 0 amide bonds. The van der Waals surface area contributed by atoms with Crippen molar-refractivity contribution in [2.75, 3.05) is 0 Å². The van der Waals surface area contributed by atoms with Gasteiger partial charge in [0.25, 0.3) is 0 Å². The fourth-order valence-corrected chi connectivity index (χ4v) is 0. The van der Waals surface area contributed by atoms with Crippen LogP contribution in [0.3, 0.4) is 0 Å². The van der Waals surface area contributed by atoms with E-state index in [1.54, 1.807) is 0 Å². The molecule has 0 atom stereocenters. The van der Waals surface area contributed by atoms with E-state index >= 15 is 0 Å². The molecule has 0 aliphatic carbocycles. The number of hydrogen-bond acceptors (Lipinski definition) is 0. The Balaban J connectivity index is 0. The zero-order valence-electron chi connectivity index (χ0n) is 1.35. The summed E-state index contributed by atoms with van der Waals surface area (Å²) in [5.41, 5.74) is 0. The van der Waals surface area contributed by atoms with Crippen LogP contribution in [-0.2, 0) is 58.4 Å². The predicted octanol–water partition coefficient (Wildman–Crippen LogP) is -0.00750. The summed E-state index contributed by atoms with van der Waals surface area (Å²) < 4.78 is 0. The molecule has 0 saturated carbocycles. The molecular weight excluding hydrogens is 470 g/mol. The van der Waals surface area contributed by atoms with Crippen molar-refractivity contribution < 1.29 is 95.7 Å². The maximum Gasteiger partial charge on any atom is 0 e. The Hall–Kier alpha value is 3.12. The van der Waals surface area contributed by atoms with Gasteiger partial charge in [-0.1, -0.05) is 0 Å². The van der Waals surface area contributed by atoms with E-state index in [0.717, 1.165) is 0 Å². The average Bonchev–Trinajstić information content (AvgIpc) is 0. The molecule has 0 unspecified atom stereocenters. The van der Waals surface area contributed by atoms with Gasteiger partial charge in [0.05, 0.1) is 0 Å². The van der Waals surface area contributed by atoms with Gasteiger partial charge in [-0.25, -0.2) is 0 Å². The van der Waals surface area contributed by atoms with Crippen molar-refractivity contribution in [2.24, 2.45) is 0 Å². The molecule has 0 spiro atoms. The molecule has 4 heteroatoms. The van der Waals surface area contributed by atoms with E-state index in [-0.39, 0.29) is 95.7 Å². The van der Waals surface area contributed by atoms with Crippen LogP contribution in [0.2, 0.25) is 0 Å². The second kappa shape index (κ2) is 16.5. The quantitative estimate of drug-likeness (QED) is 0.438. The number of hydrogen-bond donors (Lipinski definition) is 0. The monoisotopic (exact) mass is 472 g/mol. The summed E-state index contributed by atoms with van der Waals surface area (Å²) in [6.07, 6.45) is 0. The minimum Gasteiger partial charge on any atom is 0 e. The molecule has 0 bridgehead atoms. The molecular formula is ErRu3. The van der Waals surface area contributed by atoms with Crippen LogP contribution in [0.15, 0.2) is 0 Å². The van der Waals surface area contributed by atoms with E-state index < -0.39 is 0 Å². The average molecular weight is 470 g/mol. The van der Waals surface area contributed by atoms with Crippen molar-refractivity contribution in [3.8, 4) is 0 Å². The summed E-state index contributed by atoms with van der Waals surface area (Å²) in [6.45, 7) is 0. The van der Waals surface area contributed by atoms with Crippen LogP contribution in [0, 0.1) is 37.3 Å². The van der Waals surface area contributed by atoms with Crippen LogP contribution in [0.4, 0.5) is 0 Å². The molecule has 4 heavy (non-hydrogen) atoms. The topological polar surface area (TPSA) is 0 Å². The molecule has 0 rings (SSSR count). The molecule has 0 aromatic carbocycles. The summed E-state index contributed by atoms with van der Waals surface area (Å²) in [4.78, 5) is 0. The van der Waals surface area contributed by atoms with Crippen LogP contribution in [0.5, 0.6) is 0 Å². The molecule has 36 valence electrons. The Labute approximate surface area is 93.7 Å². The Morgan fingerprint density at radius 1 is 0.500 bits per heavy atom. The third kappa shape index (κ3) is 8.93. The molecule has 0 fully saturated rings. The Morgan fingerprint density at radius 2 is 0.500 bits per heavy atom. The van der Waals surface area contributed by atoms with E-state index in [1.807, 2.05) is 0 Å². The molecule has 0 aromatic heterocycles. The molecule has 0 aliphatic rings. The molecule has 0 heterocycles. The van der Waals surface area contributed by atoms with E-state index in [4.69, 9.17) is 0 Å². The molecule has 0 saturated heterocycles. The second-order valence-electron chi connectivity index (χ2n) is 0. The van der Waals surface area contributed by atoms with Crippen molar-refractivity contribution in [1.82, 2.24) is 0 Å². The largest absolute Gasteiger partial charge is 0 e. The molecule has 0 N–H and O–H groups in total. The SMILES string of the molecule is [Er].[Ru].[Ru].[Ru]. The zero-order valence-corrected chi connectivity index (χ0v) is 8.42. The third-order valence-corrected chi connectivity index (χ3v) is 0. The van der Waals surface area contributed by atoms with E-state index in [1.165, 1.54) is 0 Å². The predicted molar refractivity (Wildman–Crippen MR) is 0 cm³/mol. The van der Waals surface area contributed by atoms with Gasteiger partial charge in [-0.3, -0.25) is 0 Å². The fraction of sp³-hybridized carbons (Fsp3) is 0. The van der Waals surface area contributed by atoms with Gasteiger partial charge >= 0.3 is 0 Å². The summed E-state index contributed by atoms with van der Waals surface area (Å²) >= 11 is 0. The van der Waals surface area contributed by atoms with E-state index in [0.29, 0.717) is 0 Å². The standard InChI is InChI=1S/Er.3Ru. The van der Waals surface area contributed by atoms with Gasteiger partial charge in [-0.15, -0.1) is 0 Å². The maximum atomic E-state index is 0. The Morgan fingerprint density at radius 3 is 0.500 bits per heavy atom. The van der Waals surface area contributed by atoms with Crippen LogP contribution in [0.25, 0.3) is 0 Å². The zero-order chi connectivity index (χ0) is 0. The normalized spacial score (nSPS) is 0. The first-order valence-corrected chi connectivity index (χ1v) is 0. The minimum absolute atomic E-state index is 0. The van der Waals surface area contributed by atoms with Gasteiger partial charge in [0.1, 0.15) is 0 Å². The van der Waals surface area contributed by atoms with Crippen LogP contribution < -0.4 is 0 Å². The minimum atomic E-state index is 0. The van der Waals surface area contributed by atoms with E-state index in [2.05, 4.69) is 0 Å². The first-order valence-electron chi connectivity index (χ1n) is 0. The molecule has 0 aliphatic heterocycles. The molecule has 0 nitrogen and oxygen atoms in total. The van der Waals surface area contributed by atoms with Crippen molar-refractivity contribution in [2.45, 2.75) is 0 Å². The summed E-state index contributed by atoms with van der Waals surface area (Å²) in [5.74, 6) is 0. The third-order valence-electron chi connectivity index (χ3n) is 0. The van der Waals surface area contributed by atoms with Gasteiger partial charge in [0.2, 0.25) is 0 Å². The Bertz CT molecular complexity index is 3.25.